The second-order valence-corrected chi connectivity index (χ2v) is 4.61. The molecule has 0 spiro atoms. The minimum atomic E-state index is 0.310. The van der Waals surface area contributed by atoms with E-state index in [1.165, 1.54) is 24.2 Å². The van der Waals surface area contributed by atoms with Crippen molar-refractivity contribution < 1.29 is 4.79 Å². The number of amides is 1. The predicted molar refractivity (Wildman–Crippen MR) is 64.3 cm³/mol. The first-order chi connectivity index (χ1) is 7.68. The van der Waals surface area contributed by atoms with Gasteiger partial charge in [-0.1, -0.05) is 0 Å². The van der Waals surface area contributed by atoms with Crippen molar-refractivity contribution in [2.24, 2.45) is 0 Å². The smallest absolute Gasteiger partial charge is 0.224 e. The fourth-order valence-electron chi connectivity index (χ4n) is 2.38. The van der Waals surface area contributed by atoms with E-state index in [2.05, 4.69) is 30.5 Å². The van der Waals surface area contributed by atoms with Crippen molar-refractivity contribution in [1.29, 1.82) is 0 Å². The molecule has 0 unspecified atom stereocenters. The van der Waals surface area contributed by atoms with Gasteiger partial charge >= 0.3 is 0 Å². The lowest BCUT2D eigenvalue weighted by molar-refractivity contribution is -0.130. The highest BCUT2D eigenvalue weighted by Gasteiger charge is 2.17. The molecule has 0 N–H and O–H groups in total. The van der Waals surface area contributed by atoms with E-state index in [1.54, 1.807) is 0 Å². The molecule has 0 bridgehead atoms. The average Bonchev–Trinajstić information content (AvgIpc) is 2.87. The third kappa shape index (κ3) is 2.29. The first kappa shape index (κ1) is 11.2. The summed E-state index contributed by atoms with van der Waals surface area (Å²) in [4.78, 5) is 13.9. The molecule has 2 heterocycles. The van der Waals surface area contributed by atoms with Crippen LogP contribution in [-0.4, -0.2) is 28.5 Å². The first-order valence-electron chi connectivity index (χ1n) is 6.09. The second-order valence-electron chi connectivity index (χ2n) is 4.61. The van der Waals surface area contributed by atoms with Crippen molar-refractivity contribution in [3.05, 3.63) is 23.5 Å². The molecule has 2 rings (SSSR count). The Labute approximate surface area is 97.1 Å². The number of aryl methyl sites for hydroxylation is 2. The monoisotopic (exact) mass is 220 g/mol. The van der Waals surface area contributed by atoms with Crippen molar-refractivity contribution in [3.8, 4) is 0 Å². The van der Waals surface area contributed by atoms with Gasteiger partial charge in [0.15, 0.2) is 0 Å². The number of rotatable bonds is 3. The Kier molecular flexibility index (Phi) is 3.32. The quantitative estimate of drug-likeness (QED) is 0.766. The number of likely N-dealkylation sites (tertiary alicyclic amines) is 1. The van der Waals surface area contributed by atoms with Crippen molar-refractivity contribution in [3.63, 3.8) is 0 Å². The van der Waals surface area contributed by atoms with Crippen molar-refractivity contribution in [1.82, 2.24) is 9.47 Å². The first-order valence-corrected chi connectivity index (χ1v) is 6.09. The molecule has 1 aromatic rings. The molecule has 1 aliphatic rings. The van der Waals surface area contributed by atoms with Gasteiger partial charge in [-0.05, 0) is 38.8 Å². The number of nitrogens with zero attached hydrogens (tertiary/aromatic N) is 2. The molecule has 88 valence electrons. The summed E-state index contributed by atoms with van der Waals surface area (Å²) in [6.07, 6.45) is 2.98. The van der Waals surface area contributed by atoms with Crippen molar-refractivity contribution >= 4 is 5.91 Å². The fraction of sp³-hybridized carbons (Fsp3) is 0.615. The molecule has 0 radical (unpaired) electrons. The lowest BCUT2D eigenvalue weighted by atomic mass is 10.3. The van der Waals surface area contributed by atoms with Gasteiger partial charge in [-0.15, -0.1) is 0 Å². The zero-order valence-corrected chi connectivity index (χ0v) is 10.2. The normalized spacial score (nSPS) is 15.8. The zero-order chi connectivity index (χ0) is 11.5. The maximum Gasteiger partial charge on any atom is 0.224 e. The van der Waals surface area contributed by atoms with Gasteiger partial charge < -0.3 is 9.47 Å². The van der Waals surface area contributed by atoms with Gasteiger partial charge in [-0.25, -0.2) is 0 Å². The van der Waals surface area contributed by atoms with Gasteiger partial charge in [-0.3, -0.25) is 4.79 Å². The van der Waals surface area contributed by atoms with Gasteiger partial charge in [-0.2, -0.15) is 0 Å². The minimum Gasteiger partial charge on any atom is -0.349 e. The van der Waals surface area contributed by atoms with Crippen LogP contribution in [0.4, 0.5) is 0 Å². The zero-order valence-electron chi connectivity index (χ0n) is 10.2. The molecule has 1 amide bonds. The Morgan fingerprint density at radius 3 is 2.31 bits per heavy atom. The largest absolute Gasteiger partial charge is 0.349 e. The molecular weight excluding hydrogens is 200 g/mol. The van der Waals surface area contributed by atoms with Gasteiger partial charge in [0.2, 0.25) is 5.91 Å². The van der Waals surface area contributed by atoms with Crippen LogP contribution >= 0.6 is 0 Å². The molecule has 16 heavy (non-hydrogen) atoms. The molecule has 1 aliphatic heterocycles. The van der Waals surface area contributed by atoms with E-state index in [0.717, 1.165) is 19.6 Å². The van der Waals surface area contributed by atoms with Crippen LogP contribution in [0.2, 0.25) is 0 Å². The minimum absolute atomic E-state index is 0.310. The SMILES string of the molecule is Cc1ccc(C)n1CCC(=O)N1CCCC1. The van der Waals surface area contributed by atoms with E-state index < -0.39 is 0 Å². The molecule has 3 nitrogen and oxygen atoms in total. The van der Waals surface area contributed by atoms with Crippen LogP contribution in [0.3, 0.4) is 0 Å². The van der Waals surface area contributed by atoms with E-state index in [4.69, 9.17) is 0 Å². The lowest BCUT2D eigenvalue weighted by Gasteiger charge is -2.16. The number of hydrogen-bond donors (Lipinski definition) is 0. The number of carbonyl (C=O) groups is 1. The lowest BCUT2D eigenvalue weighted by Crippen LogP contribution is -2.28. The average molecular weight is 220 g/mol. The molecule has 1 fully saturated rings. The van der Waals surface area contributed by atoms with Crippen LogP contribution in [0.15, 0.2) is 12.1 Å². The Balaban J connectivity index is 1.89. The number of carbonyl (C=O) groups excluding carboxylic acids is 1. The van der Waals surface area contributed by atoms with E-state index in [0.29, 0.717) is 12.3 Å². The van der Waals surface area contributed by atoms with Crippen LogP contribution in [0.5, 0.6) is 0 Å². The second kappa shape index (κ2) is 4.73. The summed E-state index contributed by atoms with van der Waals surface area (Å²) < 4.78 is 2.22. The van der Waals surface area contributed by atoms with E-state index in [1.807, 2.05) is 4.90 Å². The third-order valence-electron chi connectivity index (χ3n) is 3.43. The predicted octanol–water partition coefficient (Wildman–Crippen LogP) is 2.12. The molecule has 0 aromatic carbocycles. The molecule has 1 aromatic heterocycles. The number of hydrogen-bond acceptors (Lipinski definition) is 1. The van der Waals surface area contributed by atoms with E-state index >= 15 is 0 Å². The third-order valence-corrected chi connectivity index (χ3v) is 3.43. The summed E-state index contributed by atoms with van der Waals surface area (Å²) >= 11 is 0. The summed E-state index contributed by atoms with van der Waals surface area (Å²) in [5, 5.41) is 0. The summed E-state index contributed by atoms with van der Waals surface area (Å²) in [5.41, 5.74) is 2.48. The summed E-state index contributed by atoms with van der Waals surface area (Å²) in [7, 11) is 0. The van der Waals surface area contributed by atoms with Crippen molar-refractivity contribution in [2.45, 2.75) is 39.7 Å². The Hall–Kier alpha value is -1.25. The maximum absolute atomic E-state index is 11.9. The Bertz CT molecular complexity index is 356. The summed E-state index contributed by atoms with van der Waals surface area (Å²) in [6.45, 7) is 6.92. The van der Waals surface area contributed by atoms with Crippen LogP contribution in [-0.2, 0) is 11.3 Å². The Morgan fingerprint density at radius 2 is 1.75 bits per heavy atom. The van der Waals surface area contributed by atoms with E-state index in [-0.39, 0.29) is 0 Å². The van der Waals surface area contributed by atoms with Crippen LogP contribution < -0.4 is 0 Å². The summed E-state index contributed by atoms with van der Waals surface area (Å²) in [6, 6.07) is 4.21. The van der Waals surface area contributed by atoms with Gasteiger partial charge in [0, 0.05) is 37.4 Å². The topological polar surface area (TPSA) is 25.2 Å². The van der Waals surface area contributed by atoms with E-state index in [9.17, 15) is 4.79 Å². The Morgan fingerprint density at radius 1 is 1.19 bits per heavy atom. The maximum atomic E-state index is 11.9. The van der Waals surface area contributed by atoms with Gasteiger partial charge in [0.1, 0.15) is 0 Å². The highest BCUT2D eigenvalue weighted by molar-refractivity contribution is 5.76. The molecule has 1 saturated heterocycles. The number of aromatic nitrogens is 1. The highest BCUT2D eigenvalue weighted by atomic mass is 16.2. The standard InChI is InChI=1S/C13H20N2O/c1-11-5-6-12(2)15(11)10-7-13(16)14-8-3-4-9-14/h5-6H,3-4,7-10H2,1-2H3. The van der Waals surface area contributed by atoms with Crippen LogP contribution in [0, 0.1) is 13.8 Å². The van der Waals surface area contributed by atoms with Crippen LogP contribution in [0.25, 0.3) is 0 Å². The molecule has 0 saturated carbocycles. The fourth-order valence-corrected chi connectivity index (χ4v) is 2.38. The van der Waals surface area contributed by atoms with Gasteiger partial charge in [0.25, 0.3) is 0 Å². The molecule has 0 atom stereocenters. The summed E-state index contributed by atoms with van der Waals surface area (Å²) in [5.74, 6) is 0.310. The van der Waals surface area contributed by atoms with Gasteiger partial charge in [0.05, 0.1) is 0 Å². The molecule has 0 aliphatic carbocycles. The highest BCUT2D eigenvalue weighted by Crippen LogP contribution is 2.12. The van der Waals surface area contributed by atoms with Crippen molar-refractivity contribution in [2.75, 3.05) is 13.1 Å². The van der Waals surface area contributed by atoms with Crippen LogP contribution in [0.1, 0.15) is 30.7 Å². The molecule has 3 heteroatoms. The molecular formula is C13H20N2O.